The van der Waals surface area contributed by atoms with Gasteiger partial charge >= 0.3 is 0 Å². The smallest absolute Gasteiger partial charge is 0.194 e. The number of benzene rings is 2. The highest BCUT2D eigenvalue weighted by molar-refractivity contribution is 6.28. The van der Waals surface area contributed by atoms with Gasteiger partial charge in [0.2, 0.25) is 0 Å². The van der Waals surface area contributed by atoms with Gasteiger partial charge < -0.3 is 0 Å². The van der Waals surface area contributed by atoms with Gasteiger partial charge in [0.05, 0.1) is 0 Å². The molecule has 2 aromatic carbocycles. The Hall–Kier alpha value is -2.22. The number of ketones is 2. The Balaban J connectivity index is 1.64. The molecule has 0 bridgehead atoms. The third-order valence-electron chi connectivity index (χ3n) is 5.34. The average molecular weight is 348 g/mol. The summed E-state index contributed by atoms with van der Waals surface area (Å²) in [5.41, 5.74) is 3.33. The van der Waals surface area contributed by atoms with Gasteiger partial charge in [-0.05, 0) is 18.4 Å². The van der Waals surface area contributed by atoms with E-state index in [0.29, 0.717) is 22.3 Å². The zero-order valence-electron chi connectivity index (χ0n) is 15.7. The van der Waals surface area contributed by atoms with Gasteiger partial charge in [-0.25, -0.2) is 0 Å². The largest absolute Gasteiger partial charge is 0.289 e. The van der Waals surface area contributed by atoms with Crippen LogP contribution in [0.5, 0.6) is 0 Å². The summed E-state index contributed by atoms with van der Waals surface area (Å²) in [4.78, 5) is 25.7. The van der Waals surface area contributed by atoms with E-state index in [1.54, 1.807) is 18.2 Å². The molecule has 0 atom stereocenters. The van der Waals surface area contributed by atoms with E-state index >= 15 is 0 Å². The van der Waals surface area contributed by atoms with Crippen molar-refractivity contribution in [3.8, 4) is 0 Å². The second kappa shape index (κ2) is 8.93. The average Bonchev–Trinajstić information content (AvgIpc) is 2.68. The summed E-state index contributed by atoms with van der Waals surface area (Å²) < 4.78 is 0. The van der Waals surface area contributed by atoms with Gasteiger partial charge in [-0.15, -0.1) is 0 Å². The van der Waals surface area contributed by atoms with Crippen LogP contribution in [0.25, 0.3) is 0 Å². The molecule has 0 N–H and O–H groups in total. The van der Waals surface area contributed by atoms with Gasteiger partial charge in [0.15, 0.2) is 11.6 Å². The molecule has 0 unspecified atom stereocenters. The second-order valence-electron chi connectivity index (χ2n) is 7.27. The van der Waals surface area contributed by atoms with Crippen molar-refractivity contribution < 1.29 is 9.59 Å². The van der Waals surface area contributed by atoms with Crippen molar-refractivity contribution in [3.05, 3.63) is 70.3 Å². The van der Waals surface area contributed by atoms with Crippen LogP contribution >= 0.6 is 0 Å². The lowest BCUT2D eigenvalue weighted by atomic mass is 9.81. The number of hydrogen-bond donors (Lipinski definition) is 0. The van der Waals surface area contributed by atoms with E-state index in [0.717, 1.165) is 18.4 Å². The van der Waals surface area contributed by atoms with E-state index in [-0.39, 0.29) is 11.6 Å². The minimum atomic E-state index is -0.0204. The first-order chi connectivity index (χ1) is 12.7. The second-order valence-corrected chi connectivity index (χ2v) is 7.27. The molecule has 0 amide bonds. The zero-order chi connectivity index (χ0) is 18.4. The van der Waals surface area contributed by atoms with Crippen LogP contribution in [0.4, 0.5) is 0 Å². The third kappa shape index (κ3) is 3.95. The Bertz CT molecular complexity index is 789. The van der Waals surface area contributed by atoms with E-state index in [2.05, 4.69) is 6.92 Å². The van der Waals surface area contributed by atoms with E-state index in [1.807, 2.05) is 24.3 Å². The predicted octanol–water partition coefficient (Wildman–Crippen LogP) is 6.15. The summed E-state index contributed by atoms with van der Waals surface area (Å²) >= 11 is 0. The fourth-order valence-electron chi connectivity index (χ4n) is 3.87. The Morgan fingerprint density at radius 2 is 1.19 bits per heavy atom. The van der Waals surface area contributed by atoms with Crippen molar-refractivity contribution in [1.29, 1.82) is 0 Å². The van der Waals surface area contributed by atoms with Crippen molar-refractivity contribution in [2.45, 2.75) is 64.7 Å². The first kappa shape index (κ1) is 18.6. The fraction of sp³-hybridized carbons (Fsp3) is 0.417. The first-order valence-electron chi connectivity index (χ1n) is 10.0. The van der Waals surface area contributed by atoms with Crippen LogP contribution in [0.3, 0.4) is 0 Å². The molecule has 26 heavy (non-hydrogen) atoms. The Labute approximate surface area is 156 Å². The number of hydrogen-bond acceptors (Lipinski definition) is 2. The highest BCUT2D eigenvalue weighted by Gasteiger charge is 2.30. The fourth-order valence-corrected chi connectivity index (χ4v) is 3.87. The van der Waals surface area contributed by atoms with Crippen LogP contribution in [-0.4, -0.2) is 11.6 Å². The quantitative estimate of drug-likeness (QED) is 0.435. The lowest BCUT2D eigenvalue weighted by Crippen LogP contribution is -2.22. The normalized spacial score (nSPS) is 12.8. The van der Waals surface area contributed by atoms with E-state index < -0.39 is 0 Å². The van der Waals surface area contributed by atoms with Crippen molar-refractivity contribution >= 4 is 11.6 Å². The minimum absolute atomic E-state index is 0.00497. The highest BCUT2D eigenvalue weighted by Crippen LogP contribution is 2.30. The van der Waals surface area contributed by atoms with Gasteiger partial charge in [-0.1, -0.05) is 94.3 Å². The number of unbranched alkanes of at least 4 members (excludes halogenated alkanes) is 7. The van der Waals surface area contributed by atoms with E-state index in [4.69, 9.17) is 0 Å². The van der Waals surface area contributed by atoms with Crippen molar-refractivity contribution in [3.63, 3.8) is 0 Å². The molecule has 0 fully saturated rings. The molecule has 0 aliphatic heterocycles. The molecule has 2 nitrogen and oxygen atoms in total. The molecule has 2 heteroatoms. The zero-order valence-corrected chi connectivity index (χ0v) is 15.7. The molecule has 1 aliphatic carbocycles. The molecular weight excluding hydrogens is 320 g/mol. The molecule has 3 rings (SSSR count). The van der Waals surface area contributed by atoms with Crippen LogP contribution in [0.15, 0.2) is 42.5 Å². The third-order valence-corrected chi connectivity index (χ3v) is 5.34. The lowest BCUT2D eigenvalue weighted by Gasteiger charge is -2.20. The highest BCUT2D eigenvalue weighted by atomic mass is 16.1. The van der Waals surface area contributed by atoms with Crippen LogP contribution < -0.4 is 0 Å². The topological polar surface area (TPSA) is 34.1 Å². The van der Waals surface area contributed by atoms with Crippen molar-refractivity contribution in [2.75, 3.05) is 0 Å². The van der Waals surface area contributed by atoms with Gasteiger partial charge in [0.1, 0.15) is 0 Å². The van der Waals surface area contributed by atoms with Crippen LogP contribution in [0.2, 0.25) is 0 Å². The molecule has 0 heterocycles. The molecule has 0 spiro atoms. The van der Waals surface area contributed by atoms with Crippen LogP contribution in [0, 0.1) is 0 Å². The number of rotatable bonds is 9. The Morgan fingerprint density at radius 3 is 1.88 bits per heavy atom. The lowest BCUT2D eigenvalue weighted by molar-refractivity contribution is 0.0978. The SMILES string of the molecule is CCCCCCCCCCc1cccc2c1C(=O)c1ccccc1C2=O. The summed E-state index contributed by atoms with van der Waals surface area (Å²) in [6, 6.07) is 12.9. The monoisotopic (exact) mass is 348 g/mol. The van der Waals surface area contributed by atoms with Crippen molar-refractivity contribution in [1.82, 2.24) is 0 Å². The van der Waals surface area contributed by atoms with Gasteiger partial charge in [0, 0.05) is 22.3 Å². The Morgan fingerprint density at radius 1 is 0.615 bits per heavy atom. The molecule has 0 radical (unpaired) electrons. The van der Waals surface area contributed by atoms with Gasteiger partial charge in [-0.2, -0.15) is 0 Å². The molecule has 1 aliphatic rings. The van der Waals surface area contributed by atoms with E-state index in [1.165, 1.54) is 44.9 Å². The van der Waals surface area contributed by atoms with E-state index in [9.17, 15) is 9.59 Å². The maximum Gasteiger partial charge on any atom is 0.194 e. The van der Waals surface area contributed by atoms with Crippen LogP contribution in [0.1, 0.15) is 95.7 Å². The summed E-state index contributed by atoms with van der Waals surface area (Å²) in [5, 5.41) is 0. The maximum absolute atomic E-state index is 13.0. The number of carbonyl (C=O) groups excluding carboxylic acids is 2. The standard InChI is InChI=1S/C24H28O2/c1-2-3-4-5-6-7-8-9-13-18-14-12-17-21-22(18)24(26)20-16-11-10-15-19(20)23(21)25/h10-12,14-17H,2-9,13H2,1H3. The van der Waals surface area contributed by atoms with Gasteiger partial charge in [-0.3, -0.25) is 9.59 Å². The molecule has 2 aromatic rings. The van der Waals surface area contributed by atoms with Crippen molar-refractivity contribution in [2.24, 2.45) is 0 Å². The molecular formula is C24H28O2. The summed E-state index contributed by atoms with van der Waals surface area (Å²) in [6.45, 7) is 2.24. The molecule has 136 valence electrons. The predicted molar refractivity (Wildman–Crippen MR) is 106 cm³/mol. The van der Waals surface area contributed by atoms with Crippen LogP contribution in [-0.2, 0) is 6.42 Å². The molecule has 0 saturated heterocycles. The number of aryl methyl sites for hydroxylation is 1. The summed E-state index contributed by atoms with van der Waals surface area (Å²) in [6.07, 6.45) is 11.0. The first-order valence-corrected chi connectivity index (χ1v) is 10.0. The maximum atomic E-state index is 13.0. The number of carbonyl (C=O) groups is 2. The molecule has 0 saturated carbocycles. The Kier molecular flexibility index (Phi) is 6.38. The minimum Gasteiger partial charge on any atom is -0.289 e. The summed E-state index contributed by atoms with van der Waals surface area (Å²) in [7, 11) is 0. The summed E-state index contributed by atoms with van der Waals surface area (Å²) in [5.74, 6) is -0.0154. The molecule has 0 aromatic heterocycles. The number of fused-ring (bicyclic) bond motifs is 2. The van der Waals surface area contributed by atoms with Gasteiger partial charge in [0.25, 0.3) is 0 Å².